The molecule has 1 aromatic carbocycles. The number of ketones is 1. The molecule has 2 bridgehead atoms. The molecule has 2 atom stereocenters. The third-order valence-electron chi connectivity index (χ3n) is 6.88. The zero-order valence-corrected chi connectivity index (χ0v) is 17.3. The number of ether oxygens (including phenoxy) is 1. The molecule has 2 saturated heterocycles. The summed E-state index contributed by atoms with van der Waals surface area (Å²) in [4.78, 5) is 24.1. The fraction of sp³-hybridized carbons (Fsp3) is 0.478. The molecule has 0 N–H and O–H groups in total. The Morgan fingerprint density at radius 3 is 2.80 bits per heavy atom. The van der Waals surface area contributed by atoms with Gasteiger partial charge in [0.1, 0.15) is 5.78 Å². The third-order valence-corrected chi connectivity index (χ3v) is 6.88. The zero-order chi connectivity index (χ0) is 20.5. The first kappa shape index (κ1) is 18.0. The highest BCUT2D eigenvalue weighted by Gasteiger charge is 2.38. The van der Waals surface area contributed by atoms with E-state index in [1.165, 1.54) is 0 Å². The van der Waals surface area contributed by atoms with Gasteiger partial charge in [0.05, 0.1) is 12.2 Å². The number of rotatable bonds is 3. The molecule has 7 nitrogen and oxygen atoms in total. The summed E-state index contributed by atoms with van der Waals surface area (Å²) >= 11 is 0. The smallest absolute Gasteiger partial charge is 0.198 e. The number of carbonyl (C=O) groups is 1. The van der Waals surface area contributed by atoms with Crippen molar-refractivity contribution in [1.82, 2.24) is 19.6 Å². The number of fused-ring (bicyclic) bond motifs is 4. The van der Waals surface area contributed by atoms with Gasteiger partial charge < -0.3 is 9.64 Å². The first-order valence-electron chi connectivity index (χ1n) is 10.7. The Labute approximate surface area is 175 Å². The third kappa shape index (κ3) is 2.75. The van der Waals surface area contributed by atoms with Crippen LogP contribution in [0.15, 0.2) is 30.6 Å². The van der Waals surface area contributed by atoms with Crippen LogP contribution in [0.1, 0.15) is 49.2 Å². The van der Waals surface area contributed by atoms with Crippen molar-refractivity contribution in [1.29, 1.82) is 0 Å². The molecule has 2 aromatic heterocycles. The number of aromatic nitrogens is 4. The van der Waals surface area contributed by atoms with Crippen LogP contribution in [0.25, 0.3) is 5.65 Å². The van der Waals surface area contributed by atoms with Gasteiger partial charge in [-0.2, -0.15) is 5.10 Å². The van der Waals surface area contributed by atoms with Gasteiger partial charge in [0.15, 0.2) is 17.3 Å². The van der Waals surface area contributed by atoms with Crippen LogP contribution >= 0.6 is 0 Å². The van der Waals surface area contributed by atoms with E-state index in [1.807, 2.05) is 24.6 Å². The topological polar surface area (TPSA) is 72.6 Å². The van der Waals surface area contributed by atoms with Crippen molar-refractivity contribution in [3.8, 4) is 0 Å². The quantitative estimate of drug-likeness (QED) is 0.669. The molecule has 3 aromatic rings. The number of carbonyl (C=O) groups excluding carboxylic acids is 1. The van der Waals surface area contributed by atoms with Crippen LogP contribution in [0.3, 0.4) is 0 Å². The number of morpholine rings is 1. The highest BCUT2D eigenvalue weighted by molar-refractivity contribution is 5.95. The molecule has 154 valence electrons. The minimum absolute atomic E-state index is 0.288. The molecule has 4 heterocycles. The minimum Gasteiger partial charge on any atom is -0.371 e. The number of Topliss-reactive ketones (excluding diaryl/α,β-unsaturated/α-hetero) is 1. The first-order valence-corrected chi connectivity index (χ1v) is 10.7. The van der Waals surface area contributed by atoms with E-state index in [4.69, 9.17) is 14.8 Å². The summed E-state index contributed by atoms with van der Waals surface area (Å²) in [5.74, 6) is 1.94. The van der Waals surface area contributed by atoms with Gasteiger partial charge in [0.2, 0.25) is 0 Å². The van der Waals surface area contributed by atoms with E-state index >= 15 is 0 Å². The Bertz CT molecular complexity index is 1160. The summed E-state index contributed by atoms with van der Waals surface area (Å²) in [6, 6.07) is 6.35. The number of hydrogen-bond acceptors (Lipinski definition) is 6. The van der Waals surface area contributed by atoms with E-state index < -0.39 is 0 Å². The van der Waals surface area contributed by atoms with E-state index in [-0.39, 0.29) is 11.2 Å². The van der Waals surface area contributed by atoms with Gasteiger partial charge >= 0.3 is 0 Å². The Morgan fingerprint density at radius 2 is 2.00 bits per heavy atom. The molecule has 0 spiro atoms. The van der Waals surface area contributed by atoms with Crippen LogP contribution in [0.5, 0.6) is 0 Å². The summed E-state index contributed by atoms with van der Waals surface area (Å²) in [5, 5.41) is 4.69. The van der Waals surface area contributed by atoms with Crippen molar-refractivity contribution in [3.05, 3.63) is 53.1 Å². The molecule has 7 heteroatoms. The Morgan fingerprint density at radius 1 is 1.20 bits per heavy atom. The number of benzene rings is 1. The summed E-state index contributed by atoms with van der Waals surface area (Å²) in [7, 11) is 0. The maximum Gasteiger partial charge on any atom is 0.198 e. The largest absolute Gasteiger partial charge is 0.371 e. The normalized spacial score (nSPS) is 24.6. The fourth-order valence-corrected chi connectivity index (χ4v) is 5.17. The van der Waals surface area contributed by atoms with Crippen LogP contribution in [-0.2, 0) is 27.8 Å². The van der Waals surface area contributed by atoms with Gasteiger partial charge in [-0.3, -0.25) is 4.79 Å². The molecular formula is C23H25N5O2. The average Bonchev–Trinajstić information content (AvgIpc) is 3.35. The summed E-state index contributed by atoms with van der Waals surface area (Å²) in [6.45, 7) is 5.74. The lowest BCUT2D eigenvalue weighted by Crippen LogP contribution is -2.43. The second kappa shape index (κ2) is 6.35. The summed E-state index contributed by atoms with van der Waals surface area (Å²) < 4.78 is 7.80. The maximum atomic E-state index is 12.3. The average molecular weight is 403 g/mol. The molecule has 0 radical (unpaired) electrons. The Balaban J connectivity index is 1.30. The lowest BCUT2D eigenvalue weighted by Gasteiger charge is -2.32. The van der Waals surface area contributed by atoms with E-state index in [2.05, 4.69) is 28.1 Å². The summed E-state index contributed by atoms with van der Waals surface area (Å²) in [5.41, 5.74) is 3.83. The van der Waals surface area contributed by atoms with Crippen LogP contribution in [0.2, 0.25) is 0 Å². The lowest BCUT2D eigenvalue weighted by atomic mass is 9.85. The molecule has 2 aliphatic heterocycles. The minimum atomic E-state index is -0.382. The van der Waals surface area contributed by atoms with Crippen LogP contribution in [0.4, 0.5) is 5.82 Å². The predicted molar refractivity (Wildman–Crippen MR) is 112 cm³/mol. The van der Waals surface area contributed by atoms with Crippen LogP contribution in [-0.4, -0.2) is 50.7 Å². The van der Waals surface area contributed by atoms with Crippen molar-refractivity contribution < 1.29 is 9.53 Å². The standard InChI is InChI=1S/C23H25N5O2/c1-23(2)18-6-3-14(9-15(18)11-19(23)29)10-20-25-22-21(24-7-8-28(22)26-20)27-12-16-4-5-17(13-27)30-16/h3,6-9,16-17H,4-5,10-13H2,1-2H3. The molecule has 6 rings (SSSR count). The highest BCUT2D eigenvalue weighted by Crippen LogP contribution is 2.36. The van der Waals surface area contributed by atoms with Gasteiger partial charge in [0, 0.05) is 43.7 Å². The molecule has 3 aliphatic rings. The number of anilines is 1. The maximum absolute atomic E-state index is 12.3. The van der Waals surface area contributed by atoms with Crippen LogP contribution < -0.4 is 4.90 Å². The first-order chi connectivity index (χ1) is 14.5. The van der Waals surface area contributed by atoms with Crippen molar-refractivity contribution in [3.63, 3.8) is 0 Å². The second-order valence-corrected chi connectivity index (χ2v) is 9.30. The lowest BCUT2D eigenvalue weighted by molar-refractivity contribution is -0.121. The van der Waals surface area contributed by atoms with E-state index in [0.717, 1.165) is 59.9 Å². The Kier molecular flexibility index (Phi) is 3.81. The predicted octanol–water partition coefficient (Wildman–Crippen LogP) is 2.49. The highest BCUT2D eigenvalue weighted by atomic mass is 16.5. The van der Waals surface area contributed by atoms with Crippen molar-refractivity contribution >= 4 is 17.2 Å². The Hall–Kier alpha value is -2.80. The van der Waals surface area contributed by atoms with Crippen molar-refractivity contribution in [2.45, 2.75) is 57.2 Å². The number of hydrogen-bond donors (Lipinski definition) is 0. The van der Waals surface area contributed by atoms with E-state index in [1.54, 1.807) is 6.20 Å². The summed E-state index contributed by atoms with van der Waals surface area (Å²) in [6.07, 6.45) is 7.65. The van der Waals surface area contributed by atoms with Gasteiger partial charge in [-0.15, -0.1) is 0 Å². The van der Waals surface area contributed by atoms with Gasteiger partial charge in [-0.05, 0) is 43.4 Å². The van der Waals surface area contributed by atoms with E-state index in [9.17, 15) is 4.79 Å². The molecule has 1 aliphatic carbocycles. The SMILES string of the molecule is CC1(C)C(=O)Cc2cc(Cc3nc4c(N5CC6CCC(C5)O6)nccn4n3)ccc21. The second-order valence-electron chi connectivity index (χ2n) is 9.30. The molecule has 0 amide bonds. The fourth-order valence-electron chi connectivity index (χ4n) is 5.17. The van der Waals surface area contributed by atoms with Gasteiger partial charge in [-0.25, -0.2) is 14.5 Å². The van der Waals surface area contributed by atoms with Gasteiger partial charge in [-0.1, -0.05) is 18.2 Å². The monoisotopic (exact) mass is 403 g/mol. The molecular weight excluding hydrogens is 378 g/mol. The molecule has 30 heavy (non-hydrogen) atoms. The van der Waals surface area contributed by atoms with Crippen molar-refractivity contribution in [2.75, 3.05) is 18.0 Å². The van der Waals surface area contributed by atoms with Gasteiger partial charge in [0.25, 0.3) is 0 Å². The molecule has 0 saturated carbocycles. The molecule has 2 unspecified atom stereocenters. The number of nitrogens with zero attached hydrogens (tertiary/aromatic N) is 5. The van der Waals surface area contributed by atoms with Crippen molar-refractivity contribution in [2.24, 2.45) is 0 Å². The van der Waals surface area contributed by atoms with Crippen LogP contribution in [0, 0.1) is 0 Å². The zero-order valence-electron chi connectivity index (χ0n) is 17.3. The molecule has 2 fully saturated rings. The van der Waals surface area contributed by atoms with E-state index in [0.29, 0.717) is 25.0 Å².